The van der Waals surface area contributed by atoms with E-state index in [0.717, 1.165) is 21.7 Å². The minimum absolute atomic E-state index is 0.310. The van der Waals surface area contributed by atoms with Crippen molar-refractivity contribution in [3.63, 3.8) is 0 Å². The molecule has 2 saturated carbocycles. The highest BCUT2D eigenvalue weighted by molar-refractivity contribution is 7.10. The molecule has 76 valence electrons. The summed E-state index contributed by atoms with van der Waals surface area (Å²) in [5, 5.41) is 12.8. The lowest BCUT2D eigenvalue weighted by molar-refractivity contribution is 0.108. The second kappa shape index (κ2) is 3.22. The van der Waals surface area contributed by atoms with Crippen LogP contribution in [-0.4, -0.2) is 5.11 Å². The van der Waals surface area contributed by atoms with E-state index in [1.165, 1.54) is 19.3 Å². The largest absolute Gasteiger partial charge is 0.387 e. The van der Waals surface area contributed by atoms with Crippen LogP contribution in [-0.2, 0) is 0 Å². The fraction of sp³-hybridized carbons (Fsp3) is 0.636. The maximum Gasteiger partial charge on any atom is 0.0925 e. The van der Waals surface area contributed by atoms with Gasteiger partial charge in [-0.3, -0.25) is 0 Å². The lowest BCUT2D eigenvalue weighted by Gasteiger charge is -2.18. The summed E-state index contributed by atoms with van der Waals surface area (Å²) in [6, 6.07) is 1.88. The van der Waals surface area contributed by atoms with Crippen molar-refractivity contribution in [3.05, 3.63) is 21.3 Å². The molecular weight excluding hydrogens is 216 g/mol. The predicted molar refractivity (Wildman–Crippen MR) is 58.6 cm³/mol. The van der Waals surface area contributed by atoms with Crippen molar-refractivity contribution in [3.8, 4) is 0 Å². The third-order valence-corrected chi connectivity index (χ3v) is 5.07. The molecule has 0 radical (unpaired) electrons. The van der Waals surface area contributed by atoms with Crippen molar-refractivity contribution < 1.29 is 5.11 Å². The van der Waals surface area contributed by atoms with Crippen LogP contribution in [0.25, 0.3) is 0 Å². The Morgan fingerprint density at radius 2 is 2.07 bits per heavy atom. The first-order chi connectivity index (χ1) is 6.75. The minimum atomic E-state index is -0.310. The second-order valence-electron chi connectivity index (χ2n) is 4.56. The molecular formula is C11H13ClOS. The predicted octanol–water partition coefficient (Wildman–Crippen LogP) is 3.48. The van der Waals surface area contributed by atoms with Gasteiger partial charge in [0.1, 0.15) is 0 Å². The zero-order valence-corrected chi connectivity index (χ0v) is 9.39. The summed E-state index contributed by atoms with van der Waals surface area (Å²) in [5.74, 6) is 2.32. The standard InChI is InChI=1S/C11H13ClOS/c12-9-1-2-14-11(9)10(13)8-4-6-3-7(6)5-8/h1-2,6-8,10,13H,3-5H2. The lowest BCUT2D eigenvalue weighted by Crippen LogP contribution is -2.09. The first kappa shape index (κ1) is 9.20. The third kappa shape index (κ3) is 1.40. The molecule has 2 aliphatic carbocycles. The van der Waals surface area contributed by atoms with Gasteiger partial charge in [0.15, 0.2) is 0 Å². The average molecular weight is 229 g/mol. The Labute approximate surface area is 92.7 Å². The highest BCUT2D eigenvalue weighted by Crippen LogP contribution is 2.57. The molecule has 3 heteroatoms. The normalized spacial score (nSPS) is 36.9. The van der Waals surface area contributed by atoms with Crippen LogP contribution in [0.1, 0.15) is 30.2 Å². The molecule has 1 heterocycles. The molecule has 0 aliphatic heterocycles. The van der Waals surface area contributed by atoms with Crippen molar-refractivity contribution in [2.45, 2.75) is 25.4 Å². The number of rotatable bonds is 2. The first-order valence-electron chi connectivity index (χ1n) is 5.16. The third-order valence-electron chi connectivity index (χ3n) is 3.64. The SMILES string of the molecule is OC(c1sccc1Cl)C1CC2CC2C1. The number of aliphatic hydroxyl groups is 1. The van der Waals surface area contributed by atoms with Gasteiger partial charge in [-0.15, -0.1) is 11.3 Å². The summed E-state index contributed by atoms with van der Waals surface area (Å²) in [6.45, 7) is 0. The number of aliphatic hydroxyl groups excluding tert-OH is 1. The average Bonchev–Trinajstić information content (AvgIpc) is 2.64. The molecule has 2 aliphatic rings. The Morgan fingerprint density at radius 1 is 1.36 bits per heavy atom. The van der Waals surface area contributed by atoms with E-state index in [4.69, 9.17) is 11.6 Å². The molecule has 1 aromatic rings. The number of hydrogen-bond acceptors (Lipinski definition) is 2. The van der Waals surface area contributed by atoms with Crippen LogP contribution < -0.4 is 0 Å². The van der Waals surface area contributed by atoms with Crippen LogP contribution in [0.5, 0.6) is 0 Å². The molecule has 0 spiro atoms. The van der Waals surface area contributed by atoms with E-state index < -0.39 is 0 Å². The topological polar surface area (TPSA) is 20.2 Å². The Kier molecular flexibility index (Phi) is 2.12. The van der Waals surface area contributed by atoms with E-state index in [9.17, 15) is 5.11 Å². The Bertz CT molecular complexity index is 339. The summed E-state index contributed by atoms with van der Waals surface area (Å²) in [4.78, 5) is 0.970. The fourth-order valence-electron chi connectivity index (χ4n) is 2.75. The van der Waals surface area contributed by atoms with Crippen molar-refractivity contribution in [1.29, 1.82) is 0 Å². The van der Waals surface area contributed by atoms with Gasteiger partial charge in [0.05, 0.1) is 16.0 Å². The molecule has 2 fully saturated rings. The summed E-state index contributed by atoms with van der Waals surface area (Å²) < 4.78 is 0. The molecule has 0 bridgehead atoms. The van der Waals surface area contributed by atoms with Gasteiger partial charge in [0, 0.05) is 0 Å². The number of thiophene rings is 1. The number of hydrogen-bond donors (Lipinski definition) is 1. The minimum Gasteiger partial charge on any atom is -0.387 e. The summed E-state index contributed by atoms with van der Waals surface area (Å²) >= 11 is 7.59. The van der Waals surface area contributed by atoms with E-state index in [1.807, 2.05) is 11.4 Å². The Morgan fingerprint density at radius 3 is 2.64 bits per heavy atom. The van der Waals surface area contributed by atoms with Gasteiger partial charge in [-0.05, 0) is 48.5 Å². The molecule has 1 N–H and O–H groups in total. The van der Waals surface area contributed by atoms with Crippen LogP contribution in [0, 0.1) is 17.8 Å². The summed E-state index contributed by atoms with van der Waals surface area (Å²) in [6.07, 6.45) is 3.51. The molecule has 3 rings (SSSR count). The van der Waals surface area contributed by atoms with E-state index in [1.54, 1.807) is 11.3 Å². The van der Waals surface area contributed by atoms with E-state index in [-0.39, 0.29) is 6.10 Å². The number of halogens is 1. The zero-order chi connectivity index (χ0) is 9.71. The Balaban J connectivity index is 1.76. The first-order valence-corrected chi connectivity index (χ1v) is 6.42. The van der Waals surface area contributed by atoms with Crippen LogP contribution in [0.4, 0.5) is 0 Å². The van der Waals surface area contributed by atoms with Crippen molar-refractivity contribution in [1.82, 2.24) is 0 Å². The maximum absolute atomic E-state index is 10.2. The zero-order valence-electron chi connectivity index (χ0n) is 7.82. The fourth-order valence-corrected chi connectivity index (χ4v) is 4.00. The lowest BCUT2D eigenvalue weighted by atomic mass is 9.96. The van der Waals surface area contributed by atoms with Gasteiger partial charge in [0.25, 0.3) is 0 Å². The van der Waals surface area contributed by atoms with Crippen LogP contribution in [0.15, 0.2) is 11.4 Å². The van der Waals surface area contributed by atoms with E-state index in [0.29, 0.717) is 5.92 Å². The molecule has 1 aromatic heterocycles. The van der Waals surface area contributed by atoms with Gasteiger partial charge < -0.3 is 5.11 Å². The molecule has 3 unspecified atom stereocenters. The summed E-state index contributed by atoms with van der Waals surface area (Å²) in [7, 11) is 0. The monoisotopic (exact) mass is 228 g/mol. The molecule has 14 heavy (non-hydrogen) atoms. The van der Waals surface area contributed by atoms with E-state index in [2.05, 4.69) is 0 Å². The molecule has 0 saturated heterocycles. The maximum atomic E-state index is 10.2. The van der Waals surface area contributed by atoms with Gasteiger partial charge in [-0.1, -0.05) is 11.6 Å². The van der Waals surface area contributed by atoms with Crippen molar-refractivity contribution >= 4 is 22.9 Å². The Hall–Kier alpha value is -0.0500. The smallest absolute Gasteiger partial charge is 0.0925 e. The highest BCUT2D eigenvalue weighted by Gasteiger charge is 2.48. The summed E-state index contributed by atoms with van der Waals surface area (Å²) in [5.41, 5.74) is 0. The van der Waals surface area contributed by atoms with Crippen molar-refractivity contribution in [2.75, 3.05) is 0 Å². The molecule has 0 aromatic carbocycles. The van der Waals surface area contributed by atoms with Gasteiger partial charge in [0.2, 0.25) is 0 Å². The van der Waals surface area contributed by atoms with Gasteiger partial charge in [-0.2, -0.15) is 0 Å². The number of fused-ring (bicyclic) bond motifs is 1. The quantitative estimate of drug-likeness (QED) is 0.822. The highest BCUT2D eigenvalue weighted by atomic mass is 35.5. The molecule has 3 atom stereocenters. The molecule has 0 amide bonds. The second-order valence-corrected chi connectivity index (χ2v) is 5.92. The van der Waals surface area contributed by atoms with Crippen LogP contribution in [0.3, 0.4) is 0 Å². The van der Waals surface area contributed by atoms with Crippen LogP contribution in [0.2, 0.25) is 5.02 Å². The molecule has 1 nitrogen and oxygen atoms in total. The van der Waals surface area contributed by atoms with Crippen molar-refractivity contribution in [2.24, 2.45) is 17.8 Å². The van der Waals surface area contributed by atoms with Crippen LogP contribution >= 0.6 is 22.9 Å². The van der Waals surface area contributed by atoms with Gasteiger partial charge in [-0.25, -0.2) is 0 Å². The van der Waals surface area contributed by atoms with E-state index >= 15 is 0 Å². The van der Waals surface area contributed by atoms with Gasteiger partial charge >= 0.3 is 0 Å².